The first-order chi connectivity index (χ1) is 14.8. The van der Waals surface area contributed by atoms with Crippen LogP contribution in [0.2, 0.25) is 0 Å². The van der Waals surface area contributed by atoms with Crippen LogP contribution in [-0.4, -0.2) is 51.9 Å². The van der Waals surface area contributed by atoms with Gasteiger partial charge in [0.25, 0.3) is 10.1 Å². The first-order valence-corrected chi connectivity index (χ1v) is 13.3. The molecular weight excluding hydrogens is 432 g/mol. The summed E-state index contributed by atoms with van der Waals surface area (Å²) >= 11 is 0. The molecule has 2 heterocycles. The molecule has 0 amide bonds. The van der Waals surface area contributed by atoms with Crippen molar-refractivity contribution in [1.82, 2.24) is 0 Å². The summed E-state index contributed by atoms with van der Waals surface area (Å²) < 4.78 is 45.8. The van der Waals surface area contributed by atoms with E-state index < -0.39 is 28.0 Å². The van der Waals surface area contributed by atoms with Crippen LogP contribution in [0.1, 0.15) is 59.8 Å². The van der Waals surface area contributed by atoms with Gasteiger partial charge in [0.1, 0.15) is 12.7 Å². The van der Waals surface area contributed by atoms with Gasteiger partial charge in [0.15, 0.2) is 5.79 Å². The van der Waals surface area contributed by atoms with Crippen LogP contribution in [0.15, 0.2) is 23.8 Å². The number of ether oxygens (including phenoxy) is 3. The molecule has 0 radical (unpaired) electrons. The van der Waals surface area contributed by atoms with E-state index in [0.717, 1.165) is 31.9 Å². The van der Waals surface area contributed by atoms with Gasteiger partial charge in [-0.15, -0.1) is 0 Å². The molecule has 0 bridgehead atoms. The second-order valence-corrected chi connectivity index (χ2v) is 12.5. The largest absolute Gasteiger partial charge is 0.459 e. The molecule has 4 fully saturated rings. The fourth-order valence-corrected chi connectivity index (χ4v) is 7.29. The van der Waals surface area contributed by atoms with Crippen LogP contribution in [0.3, 0.4) is 0 Å². The molecule has 0 spiro atoms. The monoisotopic (exact) mass is 468 g/mol. The highest BCUT2D eigenvalue weighted by Gasteiger charge is 2.60. The molecule has 0 aromatic carbocycles. The van der Waals surface area contributed by atoms with Crippen molar-refractivity contribution < 1.29 is 31.6 Å². The quantitative estimate of drug-likeness (QED) is 0.269. The van der Waals surface area contributed by atoms with E-state index in [9.17, 15) is 13.2 Å². The number of esters is 1. The lowest BCUT2D eigenvalue weighted by Gasteiger charge is -2.63. The average molecular weight is 469 g/mol. The molecule has 2 saturated heterocycles. The molecule has 2 aliphatic carbocycles. The Balaban J connectivity index is 1.59. The fourth-order valence-electron chi connectivity index (χ4n) is 6.71. The summed E-state index contributed by atoms with van der Waals surface area (Å²) in [5.41, 5.74) is 1.39. The smallest absolute Gasteiger partial charge is 0.336 e. The Morgan fingerprint density at radius 1 is 1.19 bits per heavy atom. The Morgan fingerprint density at radius 3 is 2.59 bits per heavy atom. The Kier molecular flexibility index (Phi) is 5.93. The van der Waals surface area contributed by atoms with Crippen LogP contribution in [0.5, 0.6) is 0 Å². The van der Waals surface area contributed by atoms with Crippen molar-refractivity contribution in [2.24, 2.45) is 22.7 Å². The van der Waals surface area contributed by atoms with E-state index in [4.69, 9.17) is 18.4 Å². The molecule has 6 atom stereocenters. The molecule has 6 unspecified atom stereocenters. The Morgan fingerprint density at radius 2 is 1.91 bits per heavy atom. The lowest BCUT2D eigenvalue weighted by molar-refractivity contribution is -0.344. The van der Waals surface area contributed by atoms with Crippen LogP contribution >= 0.6 is 0 Å². The highest BCUT2D eigenvalue weighted by atomic mass is 32.2. The number of fused-ring (bicyclic) bond motifs is 3. The molecule has 4 aliphatic rings. The highest BCUT2D eigenvalue weighted by molar-refractivity contribution is 7.86. The van der Waals surface area contributed by atoms with Crippen molar-refractivity contribution in [3.63, 3.8) is 0 Å². The third-order valence-corrected chi connectivity index (χ3v) is 8.87. The lowest BCUT2D eigenvalue weighted by atomic mass is 9.46. The number of carbonyl (C=O) groups excluding carboxylic acids is 1. The van der Waals surface area contributed by atoms with E-state index in [-0.39, 0.29) is 29.5 Å². The zero-order chi connectivity index (χ0) is 23.5. The molecule has 180 valence electrons. The summed E-state index contributed by atoms with van der Waals surface area (Å²) in [5.74, 6) is -0.489. The highest BCUT2D eigenvalue weighted by Crippen LogP contribution is 2.63. The number of allylic oxidation sites excluding steroid dienone is 2. The van der Waals surface area contributed by atoms with E-state index in [2.05, 4.69) is 20.4 Å². The first-order valence-electron chi connectivity index (χ1n) is 11.5. The summed E-state index contributed by atoms with van der Waals surface area (Å²) in [4.78, 5) is 12.3. The van der Waals surface area contributed by atoms with E-state index >= 15 is 0 Å². The number of rotatable bonds is 4. The van der Waals surface area contributed by atoms with E-state index in [1.165, 1.54) is 5.57 Å². The molecule has 2 saturated carbocycles. The van der Waals surface area contributed by atoms with Crippen LogP contribution in [-0.2, 0) is 33.3 Å². The number of hydrogen-bond donors (Lipinski definition) is 0. The molecule has 0 N–H and O–H groups in total. The zero-order valence-corrected chi connectivity index (χ0v) is 20.6. The van der Waals surface area contributed by atoms with Crippen molar-refractivity contribution >= 4 is 16.1 Å². The summed E-state index contributed by atoms with van der Waals surface area (Å²) in [6, 6.07) is 0. The summed E-state index contributed by atoms with van der Waals surface area (Å²) in [7, 11) is -3.70. The Hall–Kier alpha value is -1.22. The Bertz CT molecular complexity index is 936. The minimum absolute atomic E-state index is 0.0124. The predicted octanol–water partition coefficient (Wildman–Crippen LogP) is 3.74. The minimum Gasteiger partial charge on any atom is -0.459 e. The van der Waals surface area contributed by atoms with Gasteiger partial charge in [-0.25, -0.2) is 4.79 Å². The standard InChI is InChI=1S/C24H36O7S/c1-15-7-10-19-23(4,12-11-20-24(19,5)14-29-22(2,3)30-20)17(15)9-8-16-18(13-28-21(16)25)31-32(6,26)27/h8,17-20H,1,7,9-14H2,2-6H3/b16-8+. The maximum absolute atomic E-state index is 12.3. The molecule has 0 aromatic heterocycles. The van der Waals surface area contributed by atoms with E-state index in [1.54, 1.807) is 0 Å². The Labute approximate surface area is 191 Å². The summed E-state index contributed by atoms with van der Waals surface area (Å²) in [6.07, 6.45) is 6.62. The van der Waals surface area contributed by atoms with Gasteiger partial charge in [-0.3, -0.25) is 4.18 Å². The first kappa shape index (κ1) is 23.9. The maximum Gasteiger partial charge on any atom is 0.336 e. The van der Waals surface area contributed by atoms with Gasteiger partial charge in [0.2, 0.25) is 0 Å². The number of hydrogen-bond acceptors (Lipinski definition) is 7. The maximum atomic E-state index is 12.3. The fraction of sp³-hybridized carbons (Fsp3) is 0.792. The van der Waals surface area contributed by atoms with Gasteiger partial charge >= 0.3 is 5.97 Å². The van der Waals surface area contributed by atoms with Gasteiger partial charge in [0, 0.05) is 5.41 Å². The normalized spacial score (nSPS) is 43.0. The second kappa shape index (κ2) is 7.93. The number of carbonyl (C=O) groups is 1. The van der Waals surface area contributed by atoms with Crippen molar-refractivity contribution in [2.75, 3.05) is 19.5 Å². The third kappa shape index (κ3) is 4.19. The molecule has 0 aromatic rings. The molecule has 7 nitrogen and oxygen atoms in total. The van der Waals surface area contributed by atoms with Crippen molar-refractivity contribution in [3.05, 3.63) is 23.8 Å². The number of cyclic esters (lactones) is 1. The van der Waals surface area contributed by atoms with Gasteiger partial charge in [-0.05, 0) is 63.2 Å². The average Bonchev–Trinajstić information content (AvgIpc) is 3.00. The zero-order valence-electron chi connectivity index (χ0n) is 19.8. The molecule has 4 rings (SSSR count). The summed E-state index contributed by atoms with van der Waals surface area (Å²) in [5, 5.41) is 0. The second-order valence-electron chi connectivity index (χ2n) is 10.9. The van der Waals surface area contributed by atoms with E-state index in [1.807, 2.05) is 19.9 Å². The van der Waals surface area contributed by atoms with Crippen molar-refractivity contribution in [1.29, 1.82) is 0 Å². The molecular formula is C24H36O7S. The van der Waals surface area contributed by atoms with Crippen LogP contribution in [0.4, 0.5) is 0 Å². The lowest BCUT2D eigenvalue weighted by Crippen LogP contribution is -2.62. The van der Waals surface area contributed by atoms with E-state index in [0.29, 0.717) is 24.5 Å². The van der Waals surface area contributed by atoms with Crippen LogP contribution < -0.4 is 0 Å². The van der Waals surface area contributed by atoms with Crippen LogP contribution in [0.25, 0.3) is 0 Å². The minimum atomic E-state index is -3.70. The van der Waals surface area contributed by atoms with Gasteiger partial charge in [-0.1, -0.05) is 32.1 Å². The molecule has 8 heteroatoms. The topological polar surface area (TPSA) is 88.1 Å². The van der Waals surface area contributed by atoms with Crippen molar-refractivity contribution in [3.8, 4) is 0 Å². The molecule has 2 aliphatic heterocycles. The van der Waals surface area contributed by atoms with Crippen LogP contribution in [0, 0.1) is 22.7 Å². The third-order valence-electron chi connectivity index (χ3n) is 8.29. The van der Waals surface area contributed by atoms with Crippen molar-refractivity contribution in [2.45, 2.75) is 77.8 Å². The SMILES string of the molecule is C=C1CCC2C3(C)COC(C)(C)OC3CCC2(C)C1C/C=C1/C(=O)OCC1OS(C)(=O)=O. The van der Waals surface area contributed by atoms with Gasteiger partial charge in [-0.2, -0.15) is 8.42 Å². The molecule has 32 heavy (non-hydrogen) atoms. The summed E-state index contributed by atoms with van der Waals surface area (Å²) in [6.45, 7) is 13.6. The predicted molar refractivity (Wildman–Crippen MR) is 119 cm³/mol. The van der Waals surface area contributed by atoms with Gasteiger partial charge < -0.3 is 14.2 Å². The van der Waals surface area contributed by atoms with Gasteiger partial charge in [0.05, 0.1) is 24.5 Å².